The number of rotatable bonds is 6. The monoisotopic (exact) mass is 421 g/mol. The lowest BCUT2D eigenvalue weighted by molar-refractivity contribution is 0.00691. The van der Waals surface area contributed by atoms with Crippen LogP contribution in [0.4, 0.5) is 0 Å². The number of fused-ring (bicyclic) bond motifs is 1. The van der Waals surface area contributed by atoms with Crippen molar-refractivity contribution in [3.05, 3.63) is 40.1 Å². The van der Waals surface area contributed by atoms with Gasteiger partial charge in [0.1, 0.15) is 22.7 Å². The molecule has 2 aromatic heterocycles. The van der Waals surface area contributed by atoms with Gasteiger partial charge in [0.2, 0.25) is 0 Å². The van der Waals surface area contributed by atoms with Crippen LogP contribution < -0.4 is 4.74 Å². The maximum atomic E-state index is 12.7. The predicted octanol–water partition coefficient (Wildman–Crippen LogP) is 5.02. The van der Waals surface area contributed by atoms with Crippen LogP contribution in [0, 0.1) is 0 Å². The Labute approximate surface area is 173 Å². The van der Waals surface area contributed by atoms with Crippen LogP contribution in [0.15, 0.2) is 23.8 Å². The summed E-state index contributed by atoms with van der Waals surface area (Å²) in [7, 11) is 0. The quantitative estimate of drug-likeness (QED) is 0.413. The first kappa shape index (κ1) is 20.6. The molecule has 0 radical (unpaired) electrons. The van der Waals surface area contributed by atoms with Gasteiger partial charge in [0.25, 0.3) is 0 Å². The van der Waals surface area contributed by atoms with E-state index in [9.17, 15) is 4.79 Å². The summed E-state index contributed by atoms with van der Waals surface area (Å²) in [5, 5.41) is 0. The van der Waals surface area contributed by atoms with E-state index in [2.05, 4.69) is 9.97 Å². The van der Waals surface area contributed by atoms with Gasteiger partial charge in [-0.1, -0.05) is 0 Å². The summed E-state index contributed by atoms with van der Waals surface area (Å²) in [5.41, 5.74) is 3.08. The molecule has 0 aliphatic heterocycles. The Balaban J connectivity index is 2.16. The van der Waals surface area contributed by atoms with E-state index in [0.717, 1.165) is 10.4 Å². The molecule has 3 rings (SSSR count). The maximum absolute atomic E-state index is 12.7. The summed E-state index contributed by atoms with van der Waals surface area (Å²) in [4.78, 5) is 22.6. The number of hydrogen-bond donors (Lipinski definition) is 0. The molecule has 0 aliphatic carbocycles. The van der Waals surface area contributed by atoms with Gasteiger partial charge in [-0.25, -0.2) is 9.78 Å². The molecule has 0 unspecified atom stereocenters. The Morgan fingerprint density at radius 2 is 2.07 bits per heavy atom. The molecule has 0 saturated heterocycles. The van der Waals surface area contributed by atoms with Crippen LogP contribution in [0.5, 0.6) is 5.75 Å². The highest BCUT2D eigenvalue weighted by atomic mass is 35.5. The first-order valence-corrected chi connectivity index (χ1v) is 10.5. The summed E-state index contributed by atoms with van der Waals surface area (Å²) in [6.45, 7) is 9.96. The van der Waals surface area contributed by atoms with Crippen molar-refractivity contribution in [3.8, 4) is 5.75 Å². The number of thiazole rings is 1. The van der Waals surface area contributed by atoms with E-state index in [1.807, 2.05) is 45.4 Å². The van der Waals surface area contributed by atoms with Crippen molar-refractivity contribution in [2.75, 3.05) is 0 Å². The molecule has 28 heavy (non-hydrogen) atoms. The van der Waals surface area contributed by atoms with Gasteiger partial charge in [-0.3, -0.25) is 4.98 Å². The van der Waals surface area contributed by atoms with Crippen molar-refractivity contribution < 1.29 is 14.3 Å². The van der Waals surface area contributed by atoms with Crippen molar-refractivity contribution >= 4 is 39.9 Å². The van der Waals surface area contributed by atoms with Crippen LogP contribution >= 0.6 is 22.9 Å². The number of hydrogen-bond acceptors (Lipinski definition) is 6. The number of halogens is 1. The van der Waals surface area contributed by atoms with Crippen LogP contribution in [0.25, 0.3) is 11.0 Å². The fourth-order valence-corrected chi connectivity index (χ4v) is 3.58. The smallest absolute Gasteiger partial charge is 0.338 e. The molecular weight excluding hydrogens is 398 g/mol. The first-order valence-electron chi connectivity index (χ1n) is 9.04. The molecule has 8 heteroatoms. The molecule has 0 bridgehead atoms. The molecule has 3 aromatic rings. The topological polar surface area (TPSA) is 66.2 Å². The van der Waals surface area contributed by atoms with E-state index in [0.29, 0.717) is 29.2 Å². The number of carbonyl (C=O) groups is 1. The van der Waals surface area contributed by atoms with Gasteiger partial charge >= 0.3 is 5.97 Å². The highest BCUT2D eigenvalue weighted by molar-refractivity contribution is 7.09. The second-order valence-electron chi connectivity index (χ2n) is 7.73. The molecule has 0 saturated carbocycles. The second kappa shape index (κ2) is 8.09. The summed E-state index contributed by atoms with van der Waals surface area (Å²) in [6.07, 6.45) is 1.75. The van der Waals surface area contributed by atoms with E-state index < -0.39 is 11.6 Å². The van der Waals surface area contributed by atoms with Crippen LogP contribution in [-0.4, -0.2) is 32.2 Å². The van der Waals surface area contributed by atoms with Crippen LogP contribution in [0.3, 0.4) is 0 Å². The molecule has 0 atom stereocenters. The number of benzene rings is 1. The number of ether oxygens (including phenoxy) is 2. The summed E-state index contributed by atoms with van der Waals surface area (Å²) < 4.78 is 13.5. The van der Waals surface area contributed by atoms with Crippen LogP contribution in [0.2, 0.25) is 0 Å². The van der Waals surface area contributed by atoms with Crippen molar-refractivity contribution in [1.82, 2.24) is 14.5 Å². The highest BCUT2D eigenvalue weighted by Crippen LogP contribution is 2.31. The van der Waals surface area contributed by atoms with E-state index >= 15 is 0 Å². The minimum Gasteiger partial charge on any atom is -0.489 e. The number of aromatic nitrogens is 3. The molecule has 0 aliphatic rings. The predicted molar refractivity (Wildman–Crippen MR) is 111 cm³/mol. The average Bonchev–Trinajstić information content (AvgIpc) is 3.21. The van der Waals surface area contributed by atoms with Crippen molar-refractivity contribution in [3.63, 3.8) is 0 Å². The number of imidazole rings is 1. The lowest BCUT2D eigenvalue weighted by Crippen LogP contribution is -2.24. The number of esters is 1. The van der Waals surface area contributed by atoms with Crippen molar-refractivity contribution in [1.29, 1.82) is 0 Å². The molecule has 0 fully saturated rings. The molecule has 1 aromatic carbocycles. The first-order chi connectivity index (χ1) is 13.2. The van der Waals surface area contributed by atoms with Gasteiger partial charge < -0.3 is 14.0 Å². The van der Waals surface area contributed by atoms with Gasteiger partial charge in [0.15, 0.2) is 0 Å². The summed E-state index contributed by atoms with van der Waals surface area (Å²) in [6, 6.07) is 3.49. The minimum absolute atomic E-state index is 0.0665. The minimum atomic E-state index is -0.588. The second-order valence-corrected chi connectivity index (χ2v) is 8.96. The van der Waals surface area contributed by atoms with E-state index in [4.69, 9.17) is 21.1 Å². The third-order valence-corrected chi connectivity index (χ3v) is 4.82. The average molecular weight is 422 g/mol. The highest BCUT2D eigenvalue weighted by Gasteiger charge is 2.23. The molecule has 0 spiro atoms. The zero-order valence-corrected chi connectivity index (χ0v) is 18.2. The maximum Gasteiger partial charge on any atom is 0.338 e. The number of carbonyl (C=O) groups excluding carboxylic acids is 1. The Kier molecular flexibility index (Phi) is 5.95. The molecule has 0 amide bonds. The Bertz CT molecular complexity index is 975. The fraction of sp³-hybridized carbons (Fsp3) is 0.450. The lowest BCUT2D eigenvalue weighted by Gasteiger charge is -2.20. The Hall–Kier alpha value is -2.12. The third-order valence-electron chi connectivity index (χ3n) is 3.81. The van der Waals surface area contributed by atoms with E-state index in [-0.39, 0.29) is 12.0 Å². The van der Waals surface area contributed by atoms with Crippen molar-refractivity contribution in [2.45, 2.75) is 58.7 Å². The standard InChI is InChI=1S/C20H24ClN3O3S/c1-12(2)26-16-7-13(19(25)27-20(3,4)5)6-15-18(16)23-17(8-21)24(15)10-14-9-22-11-28-14/h6-7,9,11-12H,8,10H2,1-5H3. The largest absolute Gasteiger partial charge is 0.489 e. The molecule has 0 N–H and O–H groups in total. The molecule has 6 nitrogen and oxygen atoms in total. The van der Waals surface area contributed by atoms with Crippen molar-refractivity contribution in [2.24, 2.45) is 0 Å². The number of nitrogens with zero attached hydrogens (tertiary/aromatic N) is 3. The van der Waals surface area contributed by atoms with Gasteiger partial charge in [-0.05, 0) is 46.8 Å². The van der Waals surface area contributed by atoms with E-state index in [1.54, 1.807) is 29.0 Å². The molecular formula is C20H24ClN3O3S. The van der Waals surface area contributed by atoms with Gasteiger partial charge in [-0.2, -0.15) is 0 Å². The van der Waals surface area contributed by atoms with Gasteiger partial charge in [-0.15, -0.1) is 22.9 Å². The van der Waals surface area contributed by atoms with Gasteiger partial charge in [0, 0.05) is 11.1 Å². The van der Waals surface area contributed by atoms with Gasteiger partial charge in [0.05, 0.1) is 35.1 Å². The molecule has 150 valence electrons. The zero-order valence-electron chi connectivity index (χ0n) is 16.7. The number of alkyl halides is 1. The third kappa shape index (κ3) is 4.64. The van der Waals surface area contributed by atoms with E-state index in [1.165, 1.54) is 0 Å². The van der Waals surface area contributed by atoms with Crippen LogP contribution in [0.1, 0.15) is 55.7 Å². The summed E-state index contributed by atoms with van der Waals surface area (Å²) in [5.74, 6) is 1.10. The SMILES string of the molecule is CC(C)Oc1cc(C(=O)OC(C)(C)C)cc2c1nc(CCl)n2Cc1cncs1. The molecule has 2 heterocycles. The fourth-order valence-electron chi connectivity index (χ4n) is 2.79. The summed E-state index contributed by atoms with van der Waals surface area (Å²) >= 11 is 7.72. The zero-order chi connectivity index (χ0) is 20.5. The Morgan fingerprint density at radius 3 is 2.64 bits per heavy atom. The normalized spacial score (nSPS) is 12.0. The Morgan fingerprint density at radius 1 is 1.32 bits per heavy atom. The lowest BCUT2D eigenvalue weighted by atomic mass is 10.1. The van der Waals surface area contributed by atoms with Crippen LogP contribution in [-0.2, 0) is 17.2 Å².